The van der Waals surface area contributed by atoms with E-state index in [0.717, 1.165) is 11.1 Å². The van der Waals surface area contributed by atoms with Crippen LogP contribution in [0.4, 0.5) is 4.39 Å². The van der Waals surface area contributed by atoms with Gasteiger partial charge in [0.2, 0.25) is 5.91 Å². The molecule has 1 aliphatic carbocycles. The Labute approximate surface area is 216 Å². The summed E-state index contributed by atoms with van der Waals surface area (Å²) in [4.78, 5) is 41.8. The van der Waals surface area contributed by atoms with Crippen LogP contribution in [0.5, 0.6) is 0 Å². The lowest BCUT2D eigenvalue weighted by molar-refractivity contribution is -0.141. The van der Waals surface area contributed by atoms with Crippen LogP contribution in [0.25, 0.3) is 11.1 Å². The van der Waals surface area contributed by atoms with Gasteiger partial charge in [0.1, 0.15) is 11.9 Å². The second-order valence-corrected chi connectivity index (χ2v) is 9.86. The van der Waals surface area contributed by atoms with E-state index in [4.69, 9.17) is 0 Å². The number of halogens is 1. The van der Waals surface area contributed by atoms with Crippen molar-refractivity contribution in [3.63, 3.8) is 0 Å². The number of amides is 2. The second-order valence-electron chi connectivity index (χ2n) is 9.86. The first-order valence-electron chi connectivity index (χ1n) is 12.1. The highest BCUT2D eigenvalue weighted by Crippen LogP contribution is 2.23. The van der Waals surface area contributed by atoms with Gasteiger partial charge in [-0.3, -0.25) is 19.4 Å². The Morgan fingerprint density at radius 2 is 1.84 bits per heavy atom. The second kappa shape index (κ2) is 12.3. The van der Waals surface area contributed by atoms with Crippen molar-refractivity contribution in [2.45, 2.75) is 45.2 Å². The summed E-state index contributed by atoms with van der Waals surface area (Å²) in [5.74, 6) is -3.33. The summed E-state index contributed by atoms with van der Waals surface area (Å²) in [5.41, 5.74) is 1.42. The zero-order valence-electron chi connectivity index (χ0n) is 21.1. The Hall–Kier alpha value is -4.07. The number of hydrogen-bond acceptors (Lipinski definition) is 4. The molecule has 3 rings (SSSR count). The average Bonchev–Trinajstić information content (AvgIpc) is 3.06. The number of nitrogens with one attached hydrogen (secondary N) is 2. The van der Waals surface area contributed by atoms with Crippen molar-refractivity contribution < 1.29 is 23.9 Å². The van der Waals surface area contributed by atoms with Gasteiger partial charge in [-0.2, -0.15) is 0 Å². The zero-order chi connectivity index (χ0) is 27.0. The summed E-state index contributed by atoms with van der Waals surface area (Å²) in [5, 5.41) is 15.0. The van der Waals surface area contributed by atoms with Gasteiger partial charge in [-0.05, 0) is 74.1 Å². The van der Waals surface area contributed by atoms with E-state index in [2.05, 4.69) is 15.6 Å². The van der Waals surface area contributed by atoms with Crippen LogP contribution in [-0.4, -0.2) is 39.5 Å². The lowest BCUT2D eigenvalue weighted by Gasteiger charge is -2.31. The van der Waals surface area contributed by atoms with E-state index in [0.29, 0.717) is 12.0 Å². The van der Waals surface area contributed by atoms with Gasteiger partial charge in [0, 0.05) is 23.5 Å². The third-order valence-electron chi connectivity index (χ3n) is 6.10. The molecule has 3 N–H and O–H groups in total. The summed E-state index contributed by atoms with van der Waals surface area (Å²) in [6.07, 6.45) is 11.8. The van der Waals surface area contributed by atoms with Gasteiger partial charge >= 0.3 is 5.97 Å². The fraction of sp³-hybridized carbons (Fsp3) is 0.310. The zero-order valence-corrected chi connectivity index (χ0v) is 21.1. The van der Waals surface area contributed by atoms with E-state index >= 15 is 0 Å². The van der Waals surface area contributed by atoms with Crippen molar-refractivity contribution in [3.05, 3.63) is 90.6 Å². The fourth-order valence-corrected chi connectivity index (χ4v) is 4.10. The molecule has 2 amide bonds. The van der Waals surface area contributed by atoms with Gasteiger partial charge in [-0.25, -0.2) is 4.39 Å². The number of allylic oxidation sites excluding steroid dienone is 6. The highest BCUT2D eigenvalue weighted by Gasteiger charge is 2.31. The summed E-state index contributed by atoms with van der Waals surface area (Å²) in [7, 11) is 0. The first kappa shape index (κ1) is 27.5. The Morgan fingerprint density at radius 3 is 2.49 bits per heavy atom. The minimum absolute atomic E-state index is 0.0743. The van der Waals surface area contributed by atoms with Gasteiger partial charge in [0.15, 0.2) is 0 Å². The van der Waals surface area contributed by atoms with Crippen LogP contribution >= 0.6 is 0 Å². The predicted molar refractivity (Wildman–Crippen MR) is 140 cm³/mol. The maximum atomic E-state index is 13.5. The van der Waals surface area contributed by atoms with Crippen LogP contribution in [0, 0.1) is 11.8 Å². The molecule has 2 aromatic rings. The summed E-state index contributed by atoms with van der Waals surface area (Å²) < 4.78 is 13.5. The molecule has 3 unspecified atom stereocenters. The Balaban J connectivity index is 1.71. The van der Waals surface area contributed by atoms with E-state index in [9.17, 15) is 23.9 Å². The van der Waals surface area contributed by atoms with E-state index < -0.39 is 35.3 Å². The Kier molecular flexibility index (Phi) is 9.11. The monoisotopic (exact) mass is 505 g/mol. The molecule has 0 spiro atoms. The normalized spacial score (nSPS) is 16.8. The number of rotatable bonds is 10. The number of nitrogens with zero attached hydrogens (tertiary/aromatic N) is 1. The molecular formula is C29H32FN3O4. The van der Waals surface area contributed by atoms with Crippen LogP contribution in [-0.2, 0) is 9.59 Å². The van der Waals surface area contributed by atoms with E-state index in [1.54, 1.807) is 48.8 Å². The van der Waals surface area contributed by atoms with Gasteiger partial charge < -0.3 is 15.7 Å². The van der Waals surface area contributed by atoms with Crippen LogP contribution in [0.15, 0.2) is 85.0 Å². The molecule has 7 nitrogen and oxygen atoms in total. The van der Waals surface area contributed by atoms with Crippen molar-refractivity contribution in [3.8, 4) is 11.1 Å². The number of carbonyl (C=O) groups excluding carboxylic acids is 2. The summed E-state index contributed by atoms with van der Waals surface area (Å²) in [6, 6.07) is 9.54. The molecule has 194 valence electrons. The molecule has 1 heterocycles. The molecule has 0 saturated carbocycles. The van der Waals surface area contributed by atoms with E-state index in [1.807, 2.05) is 32.1 Å². The molecule has 37 heavy (non-hydrogen) atoms. The predicted octanol–water partition coefficient (Wildman–Crippen LogP) is 4.84. The lowest BCUT2D eigenvalue weighted by Crippen LogP contribution is -2.54. The molecule has 0 radical (unpaired) electrons. The molecule has 0 aliphatic heterocycles. The Morgan fingerprint density at radius 1 is 1.11 bits per heavy atom. The topological polar surface area (TPSA) is 108 Å². The quantitative estimate of drug-likeness (QED) is 0.428. The SMILES string of the molecule is CC(CC(NC(=O)c1ccc(-c2cccnc2)cc1)C(=O)NC(C)(C)CC1C=CC=C(F)C=C1)C(=O)O. The number of carboxylic acid groups (broad SMARTS) is 1. The van der Waals surface area contributed by atoms with Gasteiger partial charge in [-0.1, -0.05) is 43.4 Å². The molecule has 1 aromatic heterocycles. The highest BCUT2D eigenvalue weighted by molar-refractivity contribution is 5.98. The minimum atomic E-state index is -1.06. The van der Waals surface area contributed by atoms with Gasteiger partial charge in [-0.15, -0.1) is 0 Å². The van der Waals surface area contributed by atoms with Crippen molar-refractivity contribution in [1.29, 1.82) is 0 Å². The molecular weight excluding hydrogens is 473 g/mol. The van der Waals surface area contributed by atoms with Gasteiger partial charge in [0.25, 0.3) is 5.91 Å². The van der Waals surface area contributed by atoms with Crippen molar-refractivity contribution in [1.82, 2.24) is 15.6 Å². The van der Waals surface area contributed by atoms with Crippen LogP contribution < -0.4 is 10.6 Å². The number of carboxylic acids is 1. The third-order valence-corrected chi connectivity index (χ3v) is 6.10. The molecule has 0 bridgehead atoms. The third kappa shape index (κ3) is 8.24. The number of aliphatic carboxylic acids is 1. The molecule has 1 aromatic carbocycles. The summed E-state index contributed by atoms with van der Waals surface area (Å²) >= 11 is 0. The number of hydrogen-bond donors (Lipinski definition) is 3. The number of pyridine rings is 1. The molecule has 3 atom stereocenters. The smallest absolute Gasteiger partial charge is 0.306 e. The van der Waals surface area contributed by atoms with Crippen LogP contribution in [0.3, 0.4) is 0 Å². The largest absolute Gasteiger partial charge is 0.481 e. The average molecular weight is 506 g/mol. The first-order chi connectivity index (χ1) is 17.5. The standard InChI is InChI=1S/C29H32FN3O4/c1-19(28(36)37)16-25(27(35)33-29(2,3)17-20-6-4-8-24(30)14-9-20)32-26(34)22-12-10-21(11-13-22)23-7-5-15-31-18-23/h4-15,18-20,25H,16-17H2,1-3H3,(H,32,34)(H,33,35)(H,36,37). The minimum Gasteiger partial charge on any atom is -0.481 e. The molecule has 0 fully saturated rings. The molecule has 0 saturated heterocycles. The van der Waals surface area contributed by atoms with Crippen LogP contribution in [0.1, 0.15) is 44.0 Å². The van der Waals surface area contributed by atoms with E-state index in [-0.39, 0.29) is 18.2 Å². The summed E-state index contributed by atoms with van der Waals surface area (Å²) in [6.45, 7) is 5.15. The number of benzene rings is 1. The van der Waals surface area contributed by atoms with Crippen LogP contribution in [0.2, 0.25) is 0 Å². The van der Waals surface area contributed by atoms with Crippen molar-refractivity contribution >= 4 is 17.8 Å². The van der Waals surface area contributed by atoms with Crippen molar-refractivity contribution in [2.75, 3.05) is 0 Å². The highest BCUT2D eigenvalue weighted by atomic mass is 19.1. The number of carbonyl (C=O) groups is 3. The maximum absolute atomic E-state index is 13.5. The van der Waals surface area contributed by atoms with Gasteiger partial charge in [0.05, 0.1) is 5.92 Å². The number of aromatic nitrogens is 1. The lowest BCUT2D eigenvalue weighted by atomic mass is 9.89. The van der Waals surface area contributed by atoms with Crippen molar-refractivity contribution in [2.24, 2.45) is 11.8 Å². The Bertz CT molecular complexity index is 1200. The first-order valence-corrected chi connectivity index (χ1v) is 12.1. The fourth-order valence-electron chi connectivity index (χ4n) is 4.10. The van der Waals surface area contributed by atoms with E-state index in [1.165, 1.54) is 19.1 Å². The molecule has 1 aliphatic rings. The molecule has 8 heteroatoms. The maximum Gasteiger partial charge on any atom is 0.306 e.